The fourth-order valence-electron chi connectivity index (χ4n) is 4.10. The number of rotatable bonds is 9. The van der Waals surface area contributed by atoms with Crippen LogP contribution in [0.2, 0.25) is 0 Å². The third-order valence-electron chi connectivity index (χ3n) is 5.90. The van der Waals surface area contributed by atoms with Crippen LogP contribution in [0.4, 0.5) is 0 Å². The number of benzene rings is 1. The van der Waals surface area contributed by atoms with Crippen molar-refractivity contribution < 1.29 is 38.2 Å². The molecular weight excluding hydrogens is 651 g/mol. The second-order valence-electron chi connectivity index (χ2n) is 8.22. The molecule has 2 saturated heterocycles. The summed E-state index contributed by atoms with van der Waals surface area (Å²) < 4.78 is 16.8. The van der Waals surface area contributed by atoms with E-state index in [0.717, 1.165) is 9.80 Å². The minimum absolute atomic E-state index is 0.0972. The number of thiocarbonyl (C=S) groups is 2. The third kappa shape index (κ3) is 5.88. The summed E-state index contributed by atoms with van der Waals surface area (Å²) >= 11 is 12.1. The molecule has 1 aromatic rings. The molecule has 0 radical (unpaired) electrons. The molecule has 15 heteroatoms. The van der Waals surface area contributed by atoms with Gasteiger partial charge in [0, 0.05) is 20.0 Å². The van der Waals surface area contributed by atoms with Crippen LogP contribution in [0.15, 0.2) is 12.1 Å². The fourth-order valence-corrected chi connectivity index (χ4v) is 5.27. The van der Waals surface area contributed by atoms with Crippen LogP contribution in [0, 0.1) is 15.4 Å². The minimum atomic E-state index is -1.48. The van der Waals surface area contributed by atoms with Crippen LogP contribution in [0.1, 0.15) is 25.3 Å². The number of carbonyl (C=O) groups excluding carboxylic acids is 5. The summed E-state index contributed by atoms with van der Waals surface area (Å²) in [5, 5.41) is 4.74. The molecule has 3 rings (SSSR count). The maximum Gasteiger partial charge on any atom is 0.344 e. The summed E-state index contributed by atoms with van der Waals surface area (Å²) in [6.45, 7) is 3.41. The number of hydrogen-bond donors (Lipinski definition) is 2. The van der Waals surface area contributed by atoms with Crippen LogP contribution in [0.25, 0.3) is 0 Å². The van der Waals surface area contributed by atoms with Gasteiger partial charge >= 0.3 is 5.97 Å². The van der Waals surface area contributed by atoms with Gasteiger partial charge in [0.2, 0.25) is 23.6 Å². The molecule has 0 aromatic heterocycles. The predicted octanol–water partition coefficient (Wildman–Crippen LogP) is 0.694. The molecule has 2 fully saturated rings. The first-order valence-electron chi connectivity index (χ1n) is 11.4. The molecule has 204 valence electrons. The van der Waals surface area contributed by atoms with Crippen molar-refractivity contribution in [1.29, 1.82) is 0 Å². The summed E-state index contributed by atoms with van der Waals surface area (Å²) in [7, 11) is 2.78. The normalized spacial score (nSPS) is 19.9. The maximum absolute atomic E-state index is 13.4. The topological polar surface area (TPSA) is 144 Å². The third-order valence-corrected chi connectivity index (χ3v) is 7.46. The Bertz CT molecular complexity index is 1170. The van der Waals surface area contributed by atoms with Crippen molar-refractivity contribution in [1.82, 2.24) is 20.4 Å². The summed E-state index contributed by atoms with van der Waals surface area (Å²) in [6.07, 6.45) is 0. The second-order valence-corrected chi connectivity index (χ2v) is 10.2. The Balaban J connectivity index is 2.17. The molecule has 0 spiro atoms. The van der Waals surface area contributed by atoms with E-state index < -0.39 is 47.4 Å². The Morgan fingerprint density at radius 1 is 0.947 bits per heavy atom. The molecule has 2 aliphatic rings. The predicted molar refractivity (Wildman–Crippen MR) is 149 cm³/mol. The Morgan fingerprint density at radius 3 is 1.95 bits per heavy atom. The molecule has 0 bridgehead atoms. The molecule has 2 heterocycles. The van der Waals surface area contributed by atoms with Crippen LogP contribution >= 0.6 is 47.0 Å². The van der Waals surface area contributed by atoms with Gasteiger partial charge in [0.15, 0.2) is 28.3 Å². The van der Waals surface area contributed by atoms with Crippen LogP contribution < -0.4 is 20.1 Å². The molecule has 4 amide bonds. The molecule has 2 N–H and O–H groups in total. The average Bonchev–Trinajstić information content (AvgIpc) is 2.84. The zero-order valence-corrected chi connectivity index (χ0v) is 24.7. The Kier molecular flexibility index (Phi) is 9.59. The van der Waals surface area contributed by atoms with Gasteiger partial charge < -0.3 is 24.8 Å². The standard InChI is InChI=1S/C23H25IN4O8S2/c1-5-34-12-8-10(7-11(24)17(12)36-9-13(29)35-6-2)14(15-18(30)25-22(37)27(3)20(15)32)16-19(31)26-23(38)28(4)21(16)33/h7-8,14-16H,5-6,9H2,1-4H3,(H,25,30,37)(H,26,31,38)/t15-,16-/m0/s1. The van der Waals surface area contributed by atoms with Crippen LogP contribution in [-0.4, -0.2) is 83.5 Å². The van der Waals surface area contributed by atoms with Crippen molar-refractivity contribution in [2.75, 3.05) is 33.9 Å². The van der Waals surface area contributed by atoms with Crippen molar-refractivity contribution in [3.63, 3.8) is 0 Å². The van der Waals surface area contributed by atoms with Gasteiger partial charge in [0.1, 0.15) is 11.8 Å². The zero-order valence-electron chi connectivity index (χ0n) is 20.9. The highest BCUT2D eigenvalue weighted by Crippen LogP contribution is 2.43. The van der Waals surface area contributed by atoms with E-state index in [0.29, 0.717) is 3.57 Å². The van der Waals surface area contributed by atoms with Gasteiger partial charge in [-0.25, -0.2) is 4.79 Å². The second kappa shape index (κ2) is 12.3. The first kappa shape index (κ1) is 29.6. The Hall–Kier alpha value is -2.92. The molecule has 0 saturated carbocycles. The Morgan fingerprint density at radius 2 is 1.47 bits per heavy atom. The molecule has 12 nitrogen and oxygen atoms in total. The van der Waals surface area contributed by atoms with Crippen LogP contribution in [0.5, 0.6) is 11.5 Å². The van der Waals surface area contributed by atoms with Crippen molar-refractivity contribution in [2.45, 2.75) is 19.8 Å². The van der Waals surface area contributed by atoms with Crippen molar-refractivity contribution in [2.24, 2.45) is 11.8 Å². The monoisotopic (exact) mass is 676 g/mol. The van der Waals surface area contributed by atoms with Gasteiger partial charge in [-0.2, -0.15) is 0 Å². The first-order chi connectivity index (χ1) is 17.9. The number of esters is 1. The van der Waals surface area contributed by atoms with Crippen molar-refractivity contribution in [3.8, 4) is 11.5 Å². The lowest BCUT2D eigenvalue weighted by Crippen LogP contribution is -2.62. The van der Waals surface area contributed by atoms with E-state index in [4.69, 9.17) is 38.6 Å². The number of amides is 4. The van der Waals surface area contributed by atoms with E-state index in [1.54, 1.807) is 19.9 Å². The highest BCUT2D eigenvalue weighted by Gasteiger charge is 2.52. The highest BCUT2D eigenvalue weighted by atomic mass is 127. The lowest BCUT2D eigenvalue weighted by atomic mass is 9.73. The average molecular weight is 677 g/mol. The minimum Gasteiger partial charge on any atom is -0.490 e. The van der Waals surface area contributed by atoms with E-state index in [-0.39, 0.29) is 47.1 Å². The molecule has 1 aromatic carbocycles. The van der Waals surface area contributed by atoms with Gasteiger partial charge in [-0.3, -0.25) is 29.0 Å². The van der Waals surface area contributed by atoms with Crippen molar-refractivity contribution >= 4 is 86.8 Å². The quantitative estimate of drug-likeness (QED) is 0.166. The van der Waals surface area contributed by atoms with Gasteiger partial charge in [0.05, 0.1) is 16.8 Å². The van der Waals surface area contributed by atoms with E-state index in [1.807, 2.05) is 22.6 Å². The van der Waals surface area contributed by atoms with Gasteiger partial charge in [-0.05, 0) is 78.6 Å². The largest absolute Gasteiger partial charge is 0.490 e. The highest BCUT2D eigenvalue weighted by molar-refractivity contribution is 14.1. The van der Waals surface area contributed by atoms with E-state index in [1.165, 1.54) is 20.2 Å². The lowest BCUT2D eigenvalue weighted by Gasteiger charge is -2.39. The first-order valence-corrected chi connectivity index (χ1v) is 13.3. The molecule has 0 aliphatic carbocycles. The SMILES string of the molecule is CCOC(=O)COc1c(I)cc(C([C@H]2C(=O)NC(=S)N(C)C2=O)[C@H]2C(=O)NC(=S)N(C)C2=O)cc1OCC. The number of nitrogens with one attached hydrogen (secondary N) is 2. The van der Waals surface area contributed by atoms with Gasteiger partial charge in [-0.1, -0.05) is 0 Å². The fraction of sp³-hybridized carbons (Fsp3) is 0.435. The Labute approximate surface area is 242 Å². The van der Waals surface area contributed by atoms with Crippen LogP contribution in [-0.2, 0) is 28.7 Å². The summed E-state index contributed by atoms with van der Waals surface area (Å²) in [6, 6.07) is 3.05. The lowest BCUT2D eigenvalue weighted by molar-refractivity contribution is -0.147. The maximum atomic E-state index is 13.4. The van der Waals surface area contributed by atoms with E-state index >= 15 is 0 Å². The molecule has 0 unspecified atom stereocenters. The zero-order chi connectivity index (χ0) is 28.3. The van der Waals surface area contributed by atoms with Gasteiger partial charge in [-0.15, -0.1) is 0 Å². The van der Waals surface area contributed by atoms with E-state index in [9.17, 15) is 24.0 Å². The number of halogens is 1. The summed E-state index contributed by atoms with van der Waals surface area (Å²) in [5.41, 5.74) is 0.283. The molecular formula is C23H25IN4O8S2. The van der Waals surface area contributed by atoms with Crippen LogP contribution in [0.3, 0.4) is 0 Å². The van der Waals surface area contributed by atoms with Crippen molar-refractivity contribution in [3.05, 3.63) is 21.3 Å². The number of ether oxygens (including phenoxy) is 3. The summed E-state index contributed by atoms with van der Waals surface area (Å²) in [4.78, 5) is 67.0. The molecule has 2 atom stereocenters. The number of nitrogens with zero attached hydrogens (tertiary/aromatic N) is 2. The number of carbonyl (C=O) groups is 5. The van der Waals surface area contributed by atoms with E-state index in [2.05, 4.69) is 10.6 Å². The number of hydrogen-bond acceptors (Lipinski definition) is 10. The van der Waals surface area contributed by atoms with Gasteiger partial charge in [0.25, 0.3) is 0 Å². The smallest absolute Gasteiger partial charge is 0.344 e. The molecule has 38 heavy (non-hydrogen) atoms. The molecule has 2 aliphatic heterocycles. The summed E-state index contributed by atoms with van der Waals surface area (Å²) in [5.74, 6) is -7.29.